The number of carbonyl (C=O) groups is 4. The fraction of sp³-hybridized carbons (Fsp3) is 0.667. The quantitative estimate of drug-likeness (QED) is 0.392. The number of Topliss-reactive ketones (excluding diaryl/α,β-unsaturated/α-hetero) is 1. The van der Waals surface area contributed by atoms with Gasteiger partial charge in [-0.15, -0.1) is 0 Å². The van der Waals surface area contributed by atoms with Crippen LogP contribution in [0.15, 0.2) is 0 Å². The maximum atomic E-state index is 12.0. The van der Waals surface area contributed by atoms with Gasteiger partial charge in [0.1, 0.15) is 6.04 Å². The summed E-state index contributed by atoms with van der Waals surface area (Å²) >= 11 is 0. The second-order valence-corrected chi connectivity index (χ2v) is 4.83. The molecule has 1 aliphatic rings. The van der Waals surface area contributed by atoms with Crippen molar-refractivity contribution in [2.75, 3.05) is 13.1 Å². The van der Waals surface area contributed by atoms with Gasteiger partial charge >= 0.3 is 0 Å². The highest BCUT2D eigenvalue weighted by Gasteiger charge is 2.26. The number of ketones is 1. The van der Waals surface area contributed by atoms with Crippen LogP contribution in [0, 0.1) is 5.92 Å². The maximum Gasteiger partial charge on any atom is 0.284 e. The molecule has 0 saturated carbocycles. The molecule has 0 bridgehead atoms. The Morgan fingerprint density at radius 1 is 1.25 bits per heavy atom. The van der Waals surface area contributed by atoms with Gasteiger partial charge in [0, 0.05) is 13.0 Å². The summed E-state index contributed by atoms with van der Waals surface area (Å²) in [6.45, 7) is 1.42. The van der Waals surface area contributed by atoms with Crippen LogP contribution >= 0.6 is 0 Å². The van der Waals surface area contributed by atoms with Gasteiger partial charge in [0.25, 0.3) is 5.91 Å². The summed E-state index contributed by atoms with van der Waals surface area (Å²) in [5, 5.41) is 5.61. The molecule has 1 rings (SSSR count). The molecule has 0 aliphatic carbocycles. The lowest BCUT2D eigenvalue weighted by molar-refractivity contribution is -0.136. The molecule has 1 saturated heterocycles. The third-order valence-electron chi connectivity index (χ3n) is 3.26. The zero-order chi connectivity index (χ0) is 15.1. The number of amides is 3. The van der Waals surface area contributed by atoms with Gasteiger partial charge in [-0.25, -0.2) is 0 Å². The molecule has 112 valence electrons. The summed E-state index contributed by atoms with van der Waals surface area (Å²) in [6.07, 6.45) is 1.39. The Morgan fingerprint density at radius 3 is 2.45 bits per heavy atom. The minimum Gasteiger partial charge on any atom is -0.368 e. The van der Waals surface area contributed by atoms with Crippen molar-refractivity contribution >= 4 is 23.5 Å². The third-order valence-corrected chi connectivity index (χ3v) is 3.26. The SMILES string of the molecule is NC(=O)C(=O)CCC(NC(=O)[C@@H]1CCCNC1)C(N)=O. The second-order valence-electron chi connectivity index (χ2n) is 4.83. The van der Waals surface area contributed by atoms with Crippen molar-refractivity contribution < 1.29 is 19.2 Å². The van der Waals surface area contributed by atoms with E-state index in [-0.39, 0.29) is 24.7 Å². The fourth-order valence-corrected chi connectivity index (χ4v) is 2.05. The smallest absolute Gasteiger partial charge is 0.284 e. The zero-order valence-corrected chi connectivity index (χ0v) is 11.2. The van der Waals surface area contributed by atoms with E-state index >= 15 is 0 Å². The number of hydrogen-bond acceptors (Lipinski definition) is 5. The number of primary amides is 2. The van der Waals surface area contributed by atoms with Gasteiger partial charge in [0.05, 0.1) is 5.92 Å². The summed E-state index contributed by atoms with van der Waals surface area (Å²) in [5.41, 5.74) is 10.00. The lowest BCUT2D eigenvalue weighted by Gasteiger charge is -2.24. The van der Waals surface area contributed by atoms with E-state index in [0.717, 1.165) is 19.4 Å². The normalized spacial score (nSPS) is 19.9. The van der Waals surface area contributed by atoms with E-state index in [0.29, 0.717) is 6.54 Å². The van der Waals surface area contributed by atoms with Crippen molar-refractivity contribution in [2.24, 2.45) is 17.4 Å². The van der Waals surface area contributed by atoms with E-state index in [1.807, 2.05) is 0 Å². The zero-order valence-electron chi connectivity index (χ0n) is 11.2. The Bertz CT molecular complexity index is 404. The highest BCUT2D eigenvalue weighted by molar-refractivity contribution is 6.35. The summed E-state index contributed by atoms with van der Waals surface area (Å²) in [5.74, 6) is -3.06. The van der Waals surface area contributed by atoms with Crippen molar-refractivity contribution in [3.8, 4) is 0 Å². The molecule has 1 aliphatic heterocycles. The molecule has 1 heterocycles. The van der Waals surface area contributed by atoms with Gasteiger partial charge < -0.3 is 22.1 Å². The number of rotatable bonds is 7. The highest BCUT2D eigenvalue weighted by atomic mass is 16.2. The topological polar surface area (TPSA) is 144 Å². The van der Waals surface area contributed by atoms with Crippen LogP contribution in [0.1, 0.15) is 25.7 Å². The minimum atomic E-state index is -1.06. The molecule has 0 aromatic carbocycles. The van der Waals surface area contributed by atoms with Gasteiger partial charge in [-0.2, -0.15) is 0 Å². The molecule has 6 N–H and O–H groups in total. The number of nitrogens with two attached hydrogens (primary N) is 2. The molecule has 0 radical (unpaired) electrons. The molecule has 8 nitrogen and oxygen atoms in total. The lowest BCUT2D eigenvalue weighted by Crippen LogP contribution is -2.49. The Labute approximate surface area is 116 Å². The van der Waals surface area contributed by atoms with Crippen LogP contribution < -0.4 is 22.1 Å². The largest absolute Gasteiger partial charge is 0.368 e. The molecule has 0 spiro atoms. The van der Waals surface area contributed by atoms with Crippen molar-refractivity contribution in [3.05, 3.63) is 0 Å². The molecule has 1 fully saturated rings. The average molecular weight is 284 g/mol. The molecule has 0 aromatic heterocycles. The molecule has 3 amide bonds. The van der Waals surface area contributed by atoms with E-state index < -0.39 is 23.6 Å². The number of nitrogens with one attached hydrogen (secondary N) is 2. The van der Waals surface area contributed by atoms with Gasteiger partial charge in [0.2, 0.25) is 17.6 Å². The summed E-state index contributed by atoms with van der Waals surface area (Å²) in [7, 11) is 0. The first kappa shape index (κ1) is 16.1. The lowest BCUT2D eigenvalue weighted by atomic mass is 9.98. The predicted octanol–water partition coefficient (Wildman–Crippen LogP) is -2.21. The van der Waals surface area contributed by atoms with Crippen molar-refractivity contribution in [1.29, 1.82) is 0 Å². The van der Waals surface area contributed by atoms with E-state index in [9.17, 15) is 19.2 Å². The van der Waals surface area contributed by atoms with E-state index in [1.165, 1.54) is 0 Å². The van der Waals surface area contributed by atoms with E-state index in [4.69, 9.17) is 11.5 Å². The first-order valence-corrected chi connectivity index (χ1v) is 6.55. The molecule has 1 unspecified atom stereocenters. The highest BCUT2D eigenvalue weighted by Crippen LogP contribution is 2.10. The monoisotopic (exact) mass is 284 g/mol. The Kier molecular flexibility index (Phi) is 6.10. The average Bonchev–Trinajstić information content (AvgIpc) is 2.43. The van der Waals surface area contributed by atoms with Crippen molar-refractivity contribution in [3.63, 3.8) is 0 Å². The second kappa shape index (κ2) is 7.59. The predicted molar refractivity (Wildman–Crippen MR) is 70.2 cm³/mol. The van der Waals surface area contributed by atoms with Gasteiger partial charge in [-0.3, -0.25) is 19.2 Å². The number of hydrogen-bond donors (Lipinski definition) is 4. The van der Waals surface area contributed by atoms with Gasteiger partial charge in [-0.1, -0.05) is 0 Å². The summed E-state index contributed by atoms with van der Waals surface area (Å²) < 4.78 is 0. The van der Waals surface area contributed by atoms with Crippen LogP contribution in [0.4, 0.5) is 0 Å². The first-order chi connectivity index (χ1) is 9.41. The van der Waals surface area contributed by atoms with Crippen LogP contribution in [0.5, 0.6) is 0 Å². The van der Waals surface area contributed by atoms with Crippen LogP contribution in [0.25, 0.3) is 0 Å². The summed E-state index contributed by atoms with van der Waals surface area (Å²) in [6, 6.07) is -0.965. The Morgan fingerprint density at radius 2 is 1.95 bits per heavy atom. The maximum absolute atomic E-state index is 12.0. The molecular formula is C12H20N4O4. The Balaban J connectivity index is 2.49. The molecular weight excluding hydrogens is 264 g/mol. The number of piperidine rings is 1. The minimum absolute atomic E-state index is 0.0248. The standard InChI is InChI=1S/C12H20N4O4/c13-10(18)8(3-4-9(17)11(14)19)16-12(20)7-2-1-5-15-6-7/h7-8,15H,1-6H2,(H2,13,18)(H2,14,19)(H,16,20)/t7-,8?/m1/s1. The fourth-order valence-electron chi connectivity index (χ4n) is 2.05. The van der Waals surface area contributed by atoms with Gasteiger partial charge in [0.15, 0.2) is 0 Å². The van der Waals surface area contributed by atoms with Crippen LogP contribution in [0.3, 0.4) is 0 Å². The third kappa shape index (κ3) is 4.96. The number of carbonyl (C=O) groups excluding carboxylic acids is 4. The van der Waals surface area contributed by atoms with Crippen LogP contribution in [0.2, 0.25) is 0 Å². The first-order valence-electron chi connectivity index (χ1n) is 6.55. The van der Waals surface area contributed by atoms with Crippen molar-refractivity contribution in [2.45, 2.75) is 31.7 Å². The van der Waals surface area contributed by atoms with E-state index in [2.05, 4.69) is 10.6 Å². The Hall–Kier alpha value is -1.96. The molecule has 0 aromatic rings. The molecule has 20 heavy (non-hydrogen) atoms. The van der Waals surface area contributed by atoms with Crippen molar-refractivity contribution in [1.82, 2.24) is 10.6 Å². The van der Waals surface area contributed by atoms with E-state index in [1.54, 1.807) is 0 Å². The molecule has 8 heteroatoms. The molecule has 2 atom stereocenters. The summed E-state index contributed by atoms with van der Waals surface area (Å²) in [4.78, 5) is 44.9. The van der Waals surface area contributed by atoms with Gasteiger partial charge in [-0.05, 0) is 25.8 Å². The van der Waals surface area contributed by atoms with Crippen LogP contribution in [-0.4, -0.2) is 42.6 Å². The van der Waals surface area contributed by atoms with Crippen LogP contribution in [-0.2, 0) is 19.2 Å².